The second-order valence-electron chi connectivity index (χ2n) is 8.36. The number of aliphatic hydroxyl groups excluding tert-OH is 1. The Bertz CT molecular complexity index is 1080. The van der Waals surface area contributed by atoms with Crippen LogP contribution in [0.1, 0.15) is 72.3 Å². The molecule has 34 heavy (non-hydrogen) atoms. The summed E-state index contributed by atoms with van der Waals surface area (Å²) in [6.45, 7) is 7.04. The van der Waals surface area contributed by atoms with Gasteiger partial charge in [0.05, 0.1) is 6.10 Å². The van der Waals surface area contributed by atoms with E-state index in [0.29, 0.717) is 28.4 Å². The van der Waals surface area contributed by atoms with Crippen LogP contribution in [0.25, 0.3) is 0 Å². The molecule has 0 aliphatic carbocycles. The van der Waals surface area contributed by atoms with Gasteiger partial charge >= 0.3 is 0 Å². The van der Waals surface area contributed by atoms with Crippen molar-refractivity contribution in [2.75, 3.05) is 5.32 Å². The summed E-state index contributed by atoms with van der Waals surface area (Å²) >= 11 is 3.16. The molecule has 182 valence electrons. The summed E-state index contributed by atoms with van der Waals surface area (Å²) in [5, 5.41) is 13.4. The summed E-state index contributed by atoms with van der Waals surface area (Å²) in [7, 11) is 0. The van der Waals surface area contributed by atoms with Crippen molar-refractivity contribution in [1.82, 2.24) is 0 Å². The Kier molecular flexibility index (Phi) is 10.4. The third-order valence-corrected chi connectivity index (χ3v) is 5.85. The van der Waals surface area contributed by atoms with E-state index in [4.69, 9.17) is 0 Å². The Morgan fingerprint density at radius 3 is 2.26 bits per heavy atom. The summed E-state index contributed by atoms with van der Waals surface area (Å²) in [6.07, 6.45) is 1.32. The molecule has 3 aromatic carbocycles. The molecule has 3 aromatic rings. The minimum absolute atomic E-state index is 0.0662. The molecule has 3 rings (SSSR count). The summed E-state index contributed by atoms with van der Waals surface area (Å²) in [5.41, 5.74) is 3.55. The molecule has 0 saturated heterocycles. The number of aryl methyl sites for hydroxylation is 2. The molecule has 0 aliphatic heterocycles. The number of para-hydroxylation sites is 1. The number of carbonyl (C=O) groups is 1. The first-order valence-electron chi connectivity index (χ1n) is 11.4. The zero-order chi connectivity index (χ0) is 25.3. The lowest BCUT2D eigenvalue weighted by Crippen LogP contribution is -2.13. The largest absolute Gasteiger partial charge is 0.388 e. The molecule has 1 unspecified atom stereocenters. The number of benzene rings is 3. The highest BCUT2D eigenvalue weighted by Crippen LogP contribution is 2.34. The molecule has 0 bridgehead atoms. The van der Waals surface area contributed by atoms with Gasteiger partial charge in [-0.1, -0.05) is 72.6 Å². The quantitative estimate of drug-likeness (QED) is 0.322. The van der Waals surface area contributed by atoms with Crippen molar-refractivity contribution < 1.29 is 18.7 Å². The summed E-state index contributed by atoms with van der Waals surface area (Å²) in [4.78, 5) is 12.5. The standard InChI is InChI=1S/C25H24BrF2NO2.C3H8/c1-16-5-3-4-6-22(16)29-24(31)19-11-9-18(10-12-19)23(30)14-8-17-7-13-21(26)20(15-17)25(2,27)28;1-3-2/h3-7,9-13,15,23,30H,8,14H2,1-2H3,(H,29,31);3H2,1-2H3. The fourth-order valence-corrected chi connectivity index (χ4v) is 3.89. The first-order chi connectivity index (χ1) is 16.1. The lowest BCUT2D eigenvalue weighted by atomic mass is 9.98. The fraction of sp³-hybridized carbons (Fsp3) is 0.321. The topological polar surface area (TPSA) is 49.3 Å². The molecule has 0 spiro atoms. The van der Waals surface area contributed by atoms with Crippen LogP contribution in [0.15, 0.2) is 71.2 Å². The molecule has 3 nitrogen and oxygen atoms in total. The molecule has 0 fully saturated rings. The Morgan fingerprint density at radius 1 is 1.06 bits per heavy atom. The first-order valence-corrected chi connectivity index (χ1v) is 12.2. The van der Waals surface area contributed by atoms with E-state index >= 15 is 0 Å². The highest BCUT2D eigenvalue weighted by atomic mass is 79.9. The maximum atomic E-state index is 13.7. The number of hydrogen-bond acceptors (Lipinski definition) is 2. The Balaban J connectivity index is 0.00000129. The van der Waals surface area contributed by atoms with Gasteiger partial charge in [-0.3, -0.25) is 4.79 Å². The molecular formula is C28H32BrF2NO2. The van der Waals surface area contributed by atoms with Gasteiger partial charge in [0.2, 0.25) is 0 Å². The third-order valence-electron chi connectivity index (χ3n) is 5.16. The van der Waals surface area contributed by atoms with Gasteiger partial charge in [-0.25, -0.2) is 8.78 Å². The smallest absolute Gasteiger partial charge is 0.271 e. The predicted molar refractivity (Wildman–Crippen MR) is 139 cm³/mol. The molecule has 1 amide bonds. The van der Waals surface area contributed by atoms with Crippen molar-refractivity contribution in [3.8, 4) is 0 Å². The third kappa shape index (κ3) is 8.03. The van der Waals surface area contributed by atoms with Gasteiger partial charge in [0.1, 0.15) is 0 Å². The van der Waals surface area contributed by atoms with Gasteiger partial charge < -0.3 is 10.4 Å². The van der Waals surface area contributed by atoms with E-state index in [2.05, 4.69) is 35.1 Å². The second-order valence-corrected chi connectivity index (χ2v) is 9.21. The number of nitrogens with one attached hydrogen (secondary N) is 1. The summed E-state index contributed by atoms with van der Waals surface area (Å²) < 4.78 is 27.8. The molecule has 0 saturated carbocycles. The zero-order valence-electron chi connectivity index (χ0n) is 20.0. The molecule has 0 radical (unpaired) electrons. The van der Waals surface area contributed by atoms with E-state index in [9.17, 15) is 18.7 Å². The van der Waals surface area contributed by atoms with Gasteiger partial charge in [-0.2, -0.15) is 0 Å². The van der Waals surface area contributed by atoms with E-state index in [0.717, 1.165) is 23.7 Å². The number of hydrogen-bond donors (Lipinski definition) is 2. The molecule has 0 aromatic heterocycles. The number of aliphatic hydroxyl groups is 1. The first kappa shape index (κ1) is 27.7. The van der Waals surface area contributed by atoms with Crippen molar-refractivity contribution in [3.05, 3.63) is 99.0 Å². The van der Waals surface area contributed by atoms with Crippen LogP contribution in [0.5, 0.6) is 0 Å². The van der Waals surface area contributed by atoms with E-state index in [1.54, 1.807) is 36.4 Å². The Morgan fingerprint density at radius 2 is 1.68 bits per heavy atom. The SMILES string of the molecule is CCC.Cc1ccccc1NC(=O)c1ccc(C(O)CCc2ccc(Br)c(C(C)(F)F)c2)cc1. The lowest BCUT2D eigenvalue weighted by molar-refractivity contribution is 0.0166. The Labute approximate surface area is 209 Å². The predicted octanol–water partition coefficient (Wildman–Crippen LogP) is 8.20. The van der Waals surface area contributed by atoms with Crippen molar-refractivity contribution in [3.63, 3.8) is 0 Å². The van der Waals surface area contributed by atoms with Crippen LogP contribution in [0.3, 0.4) is 0 Å². The minimum atomic E-state index is -2.94. The lowest BCUT2D eigenvalue weighted by Gasteiger charge is -2.16. The average Bonchev–Trinajstić information content (AvgIpc) is 2.79. The van der Waals surface area contributed by atoms with Crippen molar-refractivity contribution in [2.45, 2.75) is 59.0 Å². The van der Waals surface area contributed by atoms with E-state index in [1.165, 1.54) is 12.5 Å². The molecule has 1 atom stereocenters. The second kappa shape index (κ2) is 12.8. The van der Waals surface area contributed by atoms with Crippen molar-refractivity contribution >= 4 is 27.5 Å². The molecule has 6 heteroatoms. The number of amides is 1. The molecular weight excluding hydrogens is 500 g/mol. The maximum Gasteiger partial charge on any atom is 0.271 e. The number of halogens is 3. The van der Waals surface area contributed by atoms with E-state index in [1.807, 2.05) is 31.2 Å². The van der Waals surface area contributed by atoms with Gasteiger partial charge in [0.15, 0.2) is 0 Å². The average molecular weight is 532 g/mol. The van der Waals surface area contributed by atoms with Crippen LogP contribution < -0.4 is 5.32 Å². The van der Waals surface area contributed by atoms with Crippen LogP contribution in [-0.2, 0) is 12.3 Å². The van der Waals surface area contributed by atoms with Crippen LogP contribution in [0, 0.1) is 6.92 Å². The fourth-order valence-electron chi connectivity index (χ4n) is 3.30. The summed E-state index contributed by atoms with van der Waals surface area (Å²) in [6, 6.07) is 19.1. The van der Waals surface area contributed by atoms with Gasteiger partial charge in [0, 0.05) is 28.2 Å². The van der Waals surface area contributed by atoms with Gasteiger partial charge in [-0.05, 0) is 66.8 Å². The maximum absolute atomic E-state index is 13.7. The zero-order valence-corrected chi connectivity index (χ0v) is 21.6. The number of alkyl halides is 2. The highest BCUT2D eigenvalue weighted by Gasteiger charge is 2.27. The van der Waals surface area contributed by atoms with Crippen LogP contribution in [-0.4, -0.2) is 11.0 Å². The van der Waals surface area contributed by atoms with E-state index < -0.39 is 12.0 Å². The minimum Gasteiger partial charge on any atom is -0.388 e. The molecule has 0 aliphatic rings. The molecule has 2 N–H and O–H groups in total. The van der Waals surface area contributed by atoms with Gasteiger partial charge in [-0.15, -0.1) is 0 Å². The number of rotatable bonds is 7. The van der Waals surface area contributed by atoms with Crippen LogP contribution in [0.2, 0.25) is 0 Å². The number of anilines is 1. The van der Waals surface area contributed by atoms with E-state index in [-0.39, 0.29) is 11.5 Å². The van der Waals surface area contributed by atoms with Crippen molar-refractivity contribution in [2.24, 2.45) is 0 Å². The monoisotopic (exact) mass is 531 g/mol. The van der Waals surface area contributed by atoms with Crippen molar-refractivity contribution in [1.29, 1.82) is 0 Å². The summed E-state index contributed by atoms with van der Waals surface area (Å²) in [5.74, 6) is -3.17. The number of carbonyl (C=O) groups excluding carboxylic acids is 1. The molecule has 0 heterocycles. The normalized spacial score (nSPS) is 11.9. The van der Waals surface area contributed by atoms with Crippen LogP contribution >= 0.6 is 15.9 Å². The highest BCUT2D eigenvalue weighted by molar-refractivity contribution is 9.10. The Hall–Kier alpha value is -2.57. The van der Waals surface area contributed by atoms with Gasteiger partial charge in [0.25, 0.3) is 11.8 Å². The van der Waals surface area contributed by atoms with Crippen LogP contribution in [0.4, 0.5) is 14.5 Å².